The van der Waals surface area contributed by atoms with Gasteiger partial charge in [0, 0.05) is 18.8 Å². The van der Waals surface area contributed by atoms with Crippen LogP contribution in [0.25, 0.3) is 0 Å². The first-order valence-corrected chi connectivity index (χ1v) is 7.44. The summed E-state index contributed by atoms with van der Waals surface area (Å²) in [4.78, 5) is 12.0. The van der Waals surface area contributed by atoms with Crippen molar-refractivity contribution in [3.63, 3.8) is 0 Å². The first-order valence-electron chi connectivity index (χ1n) is 7.44. The summed E-state index contributed by atoms with van der Waals surface area (Å²) in [6.07, 6.45) is 2.26. The molecule has 0 spiro atoms. The van der Waals surface area contributed by atoms with Crippen LogP contribution in [0.4, 0.5) is 5.69 Å². The molecule has 2 N–H and O–H groups in total. The summed E-state index contributed by atoms with van der Waals surface area (Å²) in [6, 6.07) is 4.04. The molecule has 0 saturated heterocycles. The fourth-order valence-corrected chi connectivity index (χ4v) is 2.62. The van der Waals surface area contributed by atoms with E-state index in [9.17, 15) is 4.79 Å². The van der Waals surface area contributed by atoms with E-state index in [1.807, 2.05) is 26.0 Å². The van der Waals surface area contributed by atoms with Crippen LogP contribution in [0.1, 0.15) is 48.6 Å². The minimum absolute atomic E-state index is 0.0136. The molecular formula is C16H21N3O2. The van der Waals surface area contributed by atoms with E-state index in [2.05, 4.69) is 22.4 Å². The molecule has 0 radical (unpaired) electrons. The normalized spacial score (nSPS) is 20.5. The zero-order valence-electron chi connectivity index (χ0n) is 12.7. The lowest BCUT2D eigenvalue weighted by Crippen LogP contribution is -2.13. The molecule has 1 aliphatic carbocycles. The van der Waals surface area contributed by atoms with Crippen LogP contribution >= 0.6 is 0 Å². The lowest BCUT2D eigenvalue weighted by atomic mass is 10.2. The van der Waals surface area contributed by atoms with Gasteiger partial charge >= 0.3 is 0 Å². The van der Waals surface area contributed by atoms with Crippen molar-refractivity contribution in [1.29, 1.82) is 0 Å². The number of hydrogen-bond donors (Lipinski definition) is 2. The predicted octanol–water partition coefficient (Wildman–Crippen LogP) is 3.31. The van der Waals surface area contributed by atoms with E-state index in [0.717, 1.165) is 34.5 Å². The molecule has 0 aliphatic heterocycles. The number of nitrogens with one attached hydrogen (secondary N) is 2. The van der Waals surface area contributed by atoms with E-state index in [4.69, 9.17) is 4.42 Å². The van der Waals surface area contributed by atoms with Crippen LogP contribution in [0, 0.1) is 19.8 Å². The van der Waals surface area contributed by atoms with E-state index in [0.29, 0.717) is 18.8 Å². The highest BCUT2D eigenvalue weighted by Crippen LogP contribution is 2.47. The molecule has 2 aromatic heterocycles. The van der Waals surface area contributed by atoms with E-state index in [1.54, 1.807) is 0 Å². The summed E-state index contributed by atoms with van der Waals surface area (Å²) < 4.78 is 5.81. The zero-order valence-corrected chi connectivity index (χ0v) is 12.7. The van der Waals surface area contributed by atoms with Crippen molar-refractivity contribution in [3.05, 3.63) is 35.0 Å². The molecule has 1 saturated carbocycles. The minimum atomic E-state index is -0.0136. The third-order valence-corrected chi connectivity index (χ3v) is 4.15. The van der Waals surface area contributed by atoms with Gasteiger partial charge < -0.3 is 9.73 Å². The Morgan fingerprint density at radius 2 is 2.24 bits per heavy atom. The standard InChI is InChI=1S/C16H21N3O2/c1-9-8-13(9)14-6-4-12(21-14)5-7-15(20)17-16-10(2)18-19-11(16)3/h4,6,9,13H,5,7-8H2,1-3H3,(H,17,20)(H,18,19). The average molecular weight is 287 g/mol. The molecule has 21 heavy (non-hydrogen) atoms. The van der Waals surface area contributed by atoms with E-state index >= 15 is 0 Å². The van der Waals surface area contributed by atoms with Crippen molar-refractivity contribution in [2.45, 2.75) is 46.0 Å². The number of rotatable bonds is 5. The van der Waals surface area contributed by atoms with Gasteiger partial charge in [-0.25, -0.2) is 0 Å². The molecule has 5 heteroatoms. The summed E-state index contributed by atoms with van der Waals surface area (Å²) in [5.41, 5.74) is 2.47. The Bertz CT molecular complexity index is 637. The van der Waals surface area contributed by atoms with Gasteiger partial charge in [-0.05, 0) is 38.3 Å². The number of furan rings is 1. The molecule has 5 nitrogen and oxygen atoms in total. The number of H-pyrrole nitrogens is 1. The summed E-state index contributed by atoms with van der Waals surface area (Å²) in [6.45, 7) is 6.00. The fraction of sp³-hybridized carbons (Fsp3) is 0.500. The van der Waals surface area contributed by atoms with Gasteiger partial charge in [-0.2, -0.15) is 5.10 Å². The summed E-state index contributed by atoms with van der Waals surface area (Å²) in [7, 11) is 0. The van der Waals surface area contributed by atoms with Gasteiger partial charge in [-0.15, -0.1) is 0 Å². The highest BCUT2D eigenvalue weighted by atomic mass is 16.3. The number of carbonyl (C=O) groups is 1. The van der Waals surface area contributed by atoms with E-state index in [1.165, 1.54) is 6.42 Å². The van der Waals surface area contributed by atoms with Gasteiger partial charge in [0.25, 0.3) is 0 Å². The lowest BCUT2D eigenvalue weighted by molar-refractivity contribution is -0.116. The number of amides is 1. The molecular weight excluding hydrogens is 266 g/mol. The predicted molar refractivity (Wildman–Crippen MR) is 80.2 cm³/mol. The van der Waals surface area contributed by atoms with Gasteiger partial charge in [0.05, 0.1) is 17.1 Å². The van der Waals surface area contributed by atoms with Crippen molar-refractivity contribution >= 4 is 11.6 Å². The van der Waals surface area contributed by atoms with Gasteiger partial charge in [0.2, 0.25) is 5.91 Å². The third kappa shape index (κ3) is 3.01. The lowest BCUT2D eigenvalue weighted by Gasteiger charge is -2.04. The summed E-state index contributed by atoms with van der Waals surface area (Å²) in [5, 5.41) is 9.83. The van der Waals surface area contributed by atoms with Crippen LogP contribution in [-0.4, -0.2) is 16.1 Å². The molecule has 1 amide bonds. The minimum Gasteiger partial charge on any atom is -0.466 e. The molecule has 2 unspecified atom stereocenters. The molecule has 3 rings (SSSR count). The van der Waals surface area contributed by atoms with Crippen molar-refractivity contribution in [2.24, 2.45) is 5.92 Å². The summed E-state index contributed by atoms with van der Waals surface area (Å²) in [5.74, 6) is 3.27. The highest BCUT2D eigenvalue weighted by Gasteiger charge is 2.36. The van der Waals surface area contributed by atoms with Crippen molar-refractivity contribution in [1.82, 2.24) is 10.2 Å². The molecule has 0 bridgehead atoms. The highest BCUT2D eigenvalue weighted by molar-refractivity contribution is 5.91. The van der Waals surface area contributed by atoms with Crippen molar-refractivity contribution < 1.29 is 9.21 Å². The van der Waals surface area contributed by atoms with Crippen LogP contribution in [0.2, 0.25) is 0 Å². The Balaban J connectivity index is 1.53. The van der Waals surface area contributed by atoms with Crippen LogP contribution in [0.3, 0.4) is 0 Å². The average Bonchev–Trinajstić information content (AvgIpc) is 2.87. The maximum atomic E-state index is 12.0. The fourth-order valence-electron chi connectivity index (χ4n) is 2.62. The Morgan fingerprint density at radius 1 is 1.48 bits per heavy atom. The maximum Gasteiger partial charge on any atom is 0.224 e. The van der Waals surface area contributed by atoms with Gasteiger partial charge in [-0.1, -0.05) is 6.92 Å². The number of anilines is 1. The number of aromatic nitrogens is 2. The number of carbonyl (C=O) groups excluding carboxylic acids is 1. The Hall–Kier alpha value is -2.04. The zero-order chi connectivity index (χ0) is 15.0. The molecule has 0 aromatic carbocycles. The second kappa shape index (κ2) is 5.39. The third-order valence-electron chi connectivity index (χ3n) is 4.15. The number of aryl methyl sites for hydroxylation is 3. The number of nitrogens with zero attached hydrogens (tertiary/aromatic N) is 1. The number of aromatic amines is 1. The summed E-state index contributed by atoms with van der Waals surface area (Å²) >= 11 is 0. The van der Waals surface area contributed by atoms with Crippen LogP contribution in [0.15, 0.2) is 16.5 Å². The Kier molecular flexibility index (Phi) is 3.57. The van der Waals surface area contributed by atoms with Crippen molar-refractivity contribution in [3.8, 4) is 0 Å². The quantitative estimate of drug-likeness (QED) is 0.886. The smallest absolute Gasteiger partial charge is 0.224 e. The van der Waals surface area contributed by atoms with Gasteiger partial charge in [0.15, 0.2) is 0 Å². The maximum absolute atomic E-state index is 12.0. The number of hydrogen-bond acceptors (Lipinski definition) is 3. The monoisotopic (exact) mass is 287 g/mol. The van der Waals surface area contributed by atoms with Crippen molar-refractivity contribution in [2.75, 3.05) is 5.32 Å². The van der Waals surface area contributed by atoms with E-state index < -0.39 is 0 Å². The topological polar surface area (TPSA) is 70.9 Å². The Labute approximate surface area is 124 Å². The second-order valence-electron chi connectivity index (χ2n) is 5.98. The second-order valence-corrected chi connectivity index (χ2v) is 5.98. The van der Waals surface area contributed by atoms with E-state index in [-0.39, 0.29) is 5.91 Å². The molecule has 112 valence electrons. The van der Waals surface area contributed by atoms with Crippen LogP contribution < -0.4 is 5.32 Å². The van der Waals surface area contributed by atoms with Gasteiger partial charge in [0.1, 0.15) is 11.5 Å². The first kappa shape index (κ1) is 13.9. The molecule has 2 heterocycles. The van der Waals surface area contributed by atoms with Gasteiger partial charge in [-0.3, -0.25) is 9.89 Å². The SMILES string of the molecule is Cc1n[nH]c(C)c1NC(=O)CCc1ccc(C2CC2C)o1. The Morgan fingerprint density at radius 3 is 2.86 bits per heavy atom. The molecule has 1 aliphatic rings. The largest absolute Gasteiger partial charge is 0.466 e. The van der Waals surface area contributed by atoms with Crippen LogP contribution in [0.5, 0.6) is 0 Å². The molecule has 1 fully saturated rings. The molecule has 2 atom stereocenters. The first-order chi connectivity index (χ1) is 10.0. The van der Waals surface area contributed by atoms with Crippen LogP contribution in [-0.2, 0) is 11.2 Å². The molecule has 2 aromatic rings.